The minimum absolute atomic E-state index is 0.00528. The fourth-order valence-corrected chi connectivity index (χ4v) is 3.75. The molecule has 0 unspecified atom stereocenters. The third kappa shape index (κ3) is 3.93. The van der Waals surface area contributed by atoms with E-state index in [2.05, 4.69) is 9.97 Å². The molecule has 0 aliphatic rings. The van der Waals surface area contributed by atoms with Gasteiger partial charge in [0.25, 0.3) is 0 Å². The summed E-state index contributed by atoms with van der Waals surface area (Å²) >= 11 is 0. The molecule has 0 aliphatic heterocycles. The molecule has 0 fully saturated rings. The van der Waals surface area contributed by atoms with Gasteiger partial charge in [-0.3, -0.25) is 0 Å². The Morgan fingerprint density at radius 1 is 0.706 bits per heavy atom. The normalized spacial score (nSPS) is 12.4. The summed E-state index contributed by atoms with van der Waals surface area (Å²) in [5.41, 5.74) is -0.399. The first-order chi connectivity index (χ1) is 16.1. The van der Waals surface area contributed by atoms with Crippen LogP contribution in [0.25, 0.3) is 44.9 Å². The molecule has 0 bridgehead atoms. The van der Waals surface area contributed by atoms with Crippen LogP contribution >= 0.6 is 0 Å². The van der Waals surface area contributed by atoms with E-state index in [1.165, 1.54) is 24.3 Å². The minimum atomic E-state index is -4.61. The number of para-hydroxylation sites is 1. The zero-order valence-electron chi connectivity index (χ0n) is 17.1. The number of hydrogen-bond acceptors (Lipinski definition) is 2. The van der Waals surface area contributed by atoms with Crippen LogP contribution in [0, 0.1) is 0 Å². The summed E-state index contributed by atoms with van der Waals surface area (Å²) in [7, 11) is 0. The number of aromatic amines is 1. The lowest BCUT2D eigenvalue weighted by Gasteiger charge is -2.09. The molecule has 34 heavy (non-hydrogen) atoms. The van der Waals surface area contributed by atoms with Crippen molar-refractivity contribution < 1.29 is 30.8 Å². The molecule has 5 aromatic rings. The molecule has 2 aromatic heterocycles. The summed E-state index contributed by atoms with van der Waals surface area (Å²) in [5, 5.41) is 0.745. The van der Waals surface area contributed by atoms with Gasteiger partial charge in [0, 0.05) is 28.2 Å². The first-order valence-corrected chi connectivity index (χ1v) is 10.0. The third-order valence-corrected chi connectivity index (χ3v) is 5.36. The monoisotopic (exact) mass is 472 g/mol. The zero-order valence-corrected chi connectivity index (χ0v) is 17.1. The Bertz CT molecular complexity index is 1420. The maximum absolute atomic E-state index is 13.3. The predicted octanol–water partition coefficient (Wildman–Crippen LogP) is 8.19. The van der Waals surface area contributed by atoms with Crippen LogP contribution in [0.5, 0.6) is 0 Å². The average Bonchev–Trinajstić information content (AvgIpc) is 3.43. The molecular formula is C25H14F6N2O. The number of aromatic nitrogens is 2. The molecule has 0 atom stereocenters. The molecule has 9 heteroatoms. The highest BCUT2D eigenvalue weighted by atomic mass is 19.4. The lowest BCUT2D eigenvalue weighted by molar-refractivity contribution is -0.138. The van der Waals surface area contributed by atoms with Gasteiger partial charge in [-0.25, -0.2) is 4.98 Å². The second-order valence-electron chi connectivity index (χ2n) is 7.60. The quantitative estimate of drug-likeness (QED) is 0.269. The topological polar surface area (TPSA) is 41.8 Å². The number of H-pyrrole nitrogens is 1. The van der Waals surface area contributed by atoms with Crippen molar-refractivity contribution in [3.63, 3.8) is 0 Å². The number of halogens is 6. The molecule has 0 aliphatic carbocycles. The Morgan fingerprint density at radius 3 is 2.00 bits per heavy atom. The van der Waals surface area contributed by atoms with E-state index >= 15 is 0 Å². The summed E-state index contributed by atoms with van der Waals surface area (Å²) in [5.74, 6) is 0.00276. The van der Waals surface area contributed by atoms with Crippen LogP contribution in [0.15, 0.2) is 83.4 Å². The molecule has 1 N–H and O–H groups in total. The van der Waals surface area contributed by atoms with Gasteiger partial charge in [0.15, 0.2) is 5.76 Å². The summed E-state index contributed by atoms with van der Waals surface area (Å²) in [4.78, 5) is 7.48. The van der Waals surface area contributed by atoms with Gasteiger partial charge in [0.05, 0.1) is 16.7 Å². The molecule has 2 heterocycles. The van der Waals surface area contributed by atoms with Crippen molar-refractivity contribution in [3.05, 3.63) is 90.1 Å². The number of nitrogens with one attached hydrogen (secondary N) is 1. The summed E-state index contributed by atoms with van der Waals surface area (Å²) in [6, 6.07) is 16.1. The Hall–Kier alpha value is -4.01. The minimum Gasteiger partial charge on any atom is -0.435 e. The van der Waals surface area contributed by atoms with E-state index in [4.69, 9.17) is 4.42 Å². The second kappa shape index (κ2) is 7.79. The summed E-state index contributed by atoms with van der Waals surface area (Å²) in [6.45, 7) is 0. The van der Waals surface area contributed by atoms with Crippen molar-refractivity contribution in [1.82, 2.24) is 9.97 Å². The van der Waals surface area contributed by atoms with E-state index in [0.717, 1.165) is 35.2 Å². The highest BCUT2D eigenvalue weighted by molar-refractivity contribution is 5.94. The molecule has 0 spiro atoms. The zero-order chi connectivity index (χ0) is 24.1. The third-order valence-electron chi connectivity index (χ3n) is 5.36. The molecular weight excluding hydrogens is 458 g/mol. The predicted molar refractivity (Wildman–Crippen MR) is 115 cm³/mol. The van der Waals surface area contributed by atoms with Crippen LogP contribution in [0.3, 0.4) is 0 Å². The van der Waals surface area contributed by atoms with Crippen LogP contribution in [0.1, 0.15) is 11.1 Å². The van der Waals surface area contributed by atoms with Crippen molar-refractivity contribution in [3.8, 4) is 34.0 Å². The van der Waals surface area contributed by atoms with Gasteiger partial charge in [-0.1, -0.05) is 42.5 Å². The molecule has 0 amide bonds. The first-order valence-electron chi connectivity index (χ1n) is 10.0. The number of oxazole rings is 1. The molecule has 3 nitrogen and oxygen atoms in total. The van der Waals surface area contributed by atoms with Gasteiger partial charge in [0.2, 0.25) is 5.89 Å². The second-order valence-corrected chi connectivity index (χ2v) is 7.60. The van der Waals surface area contributed by atoms with Crippen molar-refractivity contribution in [1.29, 1.82) is 0 Å². The smallest absolute Gasteiger partial charge is 0.416 e. The standard InChI is InChI=1S/C25H14F6N2O/c26-24(27,28)16-7-3-5-14(11-16)21-22(15-6-4-8-17(12-15)25(29,30)31)34-23(33-21)19-13-32-20-10-2-1-9-18(19)20/h1-13,32H. The Labute approximate surface area is 188 Å². The van der Waals surface area contributed by atoms with Crippen molar-refractivity contribution in [2.75, 3.05) is 0 Å². The molecule has 0 saturated heterocycles. The van der Waals surface area contributed by atoms with Crippen LogP contribution in [0.4, 0.5) is 26.3 Å². The van der Waals surface area contributed by atoms with Crippen molar-refractivity contribution in [2.24, 2.45) is 0 Å². The molecule has 5 rings (SSSR count). The van der Waals surface area contributed by atoms with Gasteiger partial charge in [-0.15, -0.1) is 0 Å². The van der Waals surface area contributed by atoms with Gasteiger partial charge in [-0.2, -0.15) is 26.3 Å². The number of fused-ring (bicyclic) bond motifs is 1. The largest absolute Gasteiger partial charge is 0.435 e. The summed E-state index contributed by atoms with van der Waals surface area (Å²) in [6.07, 6.45) is -7.58. The highest BCUT2D eigenvalue weighted by Crippen LogP contribution is 2.41. The van der Waals surface area contributed by atoms with E-state index in [1.54, 1.807) is 18.3 Å². The van der Waals surface area contributed by atoms with Gasteiger partial charge in [0.1, 0.15) is 5.69 Å². The van der Waals surface area contributed by atoms with Crippen LogP contribution < -0.4 is 0 Å². The Balaban J connectivity index is 1.74. The Morgan fingerprint density at radius 2 is 1.32 bits per heavy atom. The maximum Gasteiger partial charge on any atom is 0.416 e. The Kier molecular flexibility index (Phi) is 5.00. The van der Waals surface area contributed by atoms with Gasteiger partial charge in [-0.05, 0) is 30.3 Å². The van der Waals surface area contributed by atoms with E-state index < -0.39 is 23.5 Å². The fourth-order valence-electron chi connectivity index (χ4n) is 3.75. The molecule has 0 radical (unpaired) electrons. The van der Waals surface area contributed by atoms with Crippen molar-refractivity contribution >= 4 is 10.9 Å². The average molecular weight is 472 g/mol. The van der Waals surface area contributed by atoms with E-state index in [-0.39, 0.29) is 28.5 Å². The van der Waals surface area contributed by atoms with E-state index in [9.17, 15) is 26.3 Å². The number of rotatable bonds is 3. The van der Waals surface area contributed by atoms with E-state index in [1.807, 2.05) is 12.1 Å². The molecule has 3 aromatic carbocycles. The van der Waals surface area contributed by atoms with Crippen molar-refractivity contribution in [2.45, 2.75) is 12.4 Å². The maximum atomic E-state index is 13.3. The van der Waals surface area contributed by atoms with Gasteiger partial charge < -0.3 is 9.40 Å². The molecule has 172 valence electrons. The first kappa shape index (κ1) is 21.8. The van der Waals surface area contributed by atoms with Crippen LogP contribution in [-0.4, -0.2) is 9.97 Å². The SMILES string of the molecule is FC(F)(F)c1cccc(-c2nc(-c3c[nH]c4ccccc34)oc2-c2cccc(C(F)(F)F)c2)c1. The van der Waals surface area contributed by atoms with Crippen LogP contribution in [0.2, 0.25) is 0 Å². The molecule has 0 saturated carbocycles. The van der Waals surface area contributed by atoms with Crippen LogP contribution in [-0.2, 0) is 12.4 Å². The lowest BCUT2D eigenvalue weighted by atomic mass is 10.0. The van der Waals surface area contributed by atoms with Gasteiger partial charge >= 0.3 is 12.4 Å². The number of hydrogen-bond donors (Lipinski definition) is 1. The number of benzene rings is 3. The lowest BCUT2D eigenvalue weighted by Crippen LogP contribution is -2.05. The number of nitrogens with zero attached hydrogens (tertiary/aromatic N) is 1. The fraction of sp³-hybridized carbons (Fsp3) is 0.0800. The highest BCUT2D eigenvalue weighted by Gasteiger charge is 2.33. The summed E-state index contributed by atoms with van der Waals surface area (Å²) < 4.78 is 85.8. The number of alkyl halides is 6. The van der Waals surface area contributed by atoms with E-state index in [0.29, 0.717) is 5.56 Å².